The molecule has 0 bridgehead atoms. The minimum atomic E-state index is -4.58. The minimum Gasteiger partial charge on any atom is -0.756 e. The summed E-state index contributed by atoms with van der Waals surface area (Å²) in [5.74, 6) is -0.213. The van der Waals surface area contributed by atoms with E-state index in [4.69, 9.17) is 9.05 Å². The van der Waals surface area contributed by atoms with Gasteiger partial charge in [-0.05, 0) is 89.9 Å². The number of carbonyl (C=O) groups is 1. The number of likely N-dealkylation sites (N-methyl/N-ethyl adjacent to an activating group) is 1. The molecule has 3 atom stereocenters. The Labute approximate surface area is 412 Å². The molecule has 9 heteroatoms. The van der Waals surface area contributed by atoms with Crippen molar-refractivity contribution in [3.8, 4) is 0 Å². The summed E-state index contributed by atoms with van der Waals surface area (Å²) in [7, 11) is 1.24. The van der Waals surface area contributed by atoms with Crippen molar-refractivity contribution in [2.75, 3.05) is 40.9 Å². The summed E-state index contributed by atoms with van der Waals surface area (Å²) < 4.78 is 23.1. The number of quaternary nitrogens is 1. The van der Waals surface area contributed by atoms with E-state index in [1.807, 2.05) is 27.2 Å². The first-order valence-corrected chi connectivity index (χ1v) is 27.9. The predicted molar refractivity (Wildman–Crippen MR) is 288 cm³/mol. The normalized spacial score (nSPS) is 15.0. The second-order valence-corrected chi connectivity index (χ2v) is 19.9. The number of aliphatic hydroxyl groups excluding tert-OH is 1. The zero-order chi connectivity index (χ0) is 49.2. The lowest BCUT2D eigenvalue weighted by Crippen LogP contribution is -2.45. The third-order valence-corrected chi connectivity index (χ3v) is 11.9. The molecule has 0 heterocycles. The summed E-state index contributed by atoms with van der Waals surface area (Å²) in [5.41, 5.74) is 0. The van der Waals surface area contributed by atoms with Crippen molar-refractivity contribution in [1.82, 2.24) is 5.32 Å². The molecule has 0 aliphatic carbocycles. The molecule has 2 N–H and O–H groups in total. The van der Waals surface area contributed by atoms with Crippen LogP contribution in [0.25, 0.3) is 0 Å². The molecule has 0 saturated carbocycles. The maximum absolute atomic E-state index is 12.8. The van der Waals surface area contributed by atoms with E-state index in [-0.39, 0.29) is 19.1 Å². The van der Waals surface area contributed by atoms with Crippen molar-refractivity contribution in [2.24, 2.45) is 0 Å². The highest BCUT2D eigenvalue weighted by molar-refractivity contribution is 7.45. The molecule has 0 spiro atoms. The fraction of sp³-hybridized carbons (Fsp3) is 0.638. The van der Waals surface area contributed by atoms with Crippen molar-refractivity contribution < 1.29 is 32.9 Å². The summed E-state index contributed by atoms with van der Waals surface area (Å²) >= 11 is 0. The van der Waals surface area contributed by atoms with Gasteiger partial charge in [-0.15, -0.1) is 0 Å². The number of allylic oxidation sites excluding steroid dienone is 19. The number of unbranched alkanes of at least 4 members (excludes halogenated alkanes) is 15. The molecule has 0 aliphatic rings. The average molecular weight is 951 g/mol. The first kappa shape index (κ1) is 63.9. The van der Waals surface area contributed by atoms with E-state index in [9.17, 15) is 19.4 Å². The Kier molecular flexibility index (Phi) is 45.7. The molecule has 67 heavy (non-hydrogen) atoms. The molecule has 382 valence electrons. The van der Waals surface area contributed by atoms with Gasteiger partial charge < -0.3 is 28.8 Å². The van der Waals surface area contributed by atoms with Crippen molar-refractivity contribution >= 4 is 13.7 Å². The van der Waals surface area contributed by atoms with E-state index in [1.54, 1.807) is 6.08 Å². The van der Waals surface area contributed by atoms with Crippen LogP contribution in [0.3, 0.4) is 0 Å². The number of rotatable bonds is 46. The van der Waals surface area contributed by atoms with Crippen LogP contribution in [0.2, 0.25) is 0 Å². The van der Waals surface area contributed by atoms with Crippen LogP contribution < -0.4 is 10.2 Å². The van der Waals surface area contributed by atoms with Crippen LogP contribution in [0.4, 0.5) is 0 Å². The van der Waals surface area contributed by atoms with E-state index in [0.717, 1.165) is 109 Å². The van der Waals surface area contributed by atoms with Crippen molar-refractivity contribution in [3.05, 3.63) is 122 Å². The molecule has 1 amide bonds. The van der Waals surface area contributed by atoms with Crippen LogP contribution in [0.1, 0.15) is 187 Å². The van der Waals surface area contributed by atoms with Gasteiger partial charge in [0.15, 0.2) is 0 Å². The summed E-state index contributed by atoms with van der Waals surface area (Å²) in [6, 6.07) is -0.891. The largest absolute Gasteiger partial charge is 0.756 e. The molecule has 0 saturated heterocycles. The van der Waals surface area contributed by atoms with E-state index in [2.05, 4.69) is 129 Å². The Bertz CT molecular complexity index is 1500. The Hall–Kier alpha value is -3.10. The van der Waals surface area contributed by atoms with Gasteiger partial charge in [0.2, 0.25) is 5.91 Å². The number of amides is 1. The first-order chi connectivity index (χ1) is 32.5. The molecule has 0 fully saturated rings. The third-order valence-electron chi connectivity index (χ3n) is 10.9. The highest BCUT2D eigenvalue weighted by Gasteiger charge is 2.23. The zero-order valence-electron chi connectivity index (χ0n) is 43.3. The van der Waals surface area contributed by atoms with Crippen LogP contribution in [-0.2, 0) is 18.4 Å². The molecule has 3 unspecified atom stereocenters. The van der Waals surface area contributed by atoms with Crippen LogP contribution in [0.15, 0.2) is 122 Å². The maximum Gasteiger partial charge on any atom is 0.268 e. The van der Waals surface area contributed by atoms with Gasteiger partial charge in [0.1, 0.15) is 13.2 Å². The first-order valence-electron chi connectivity index (χ1n) is 26.4. The zero-order valence-corrected chi connectivity index (χ0v) is 44.2. The van der Waals surface area contributed by atoms with Crippen LogP contribution in [0.5, 0.6) is 0 Å². The summed E-state index contributed by atoms with van der Waals surface area (Å²) in [6.45, 7) is 4.42. The topological polar surface area (TPSA) is 108 Å². The van der Waals surface area contributed by atoms with E-state index in [0.29, 0.717) is 17.4 Å². The average Bonchev–Trinajstić information content (AvgIpc) is 3.29. The number of carbonyl (C=O) groups excluding carboxylic acids is 1. The van der Waals surface area contributed by atoms with E-state index < -0.39 is 20.0 Å². The number of hydrogen-bond acceptors (Lipinski definition) is 6. The van der Waals surface area contributed by atoms with Crippen LogP contribution >= 0.6 is 7.82 Å². The van der Waals surface area contributed by atoms with Crippen molar-refractivity contribution in [1.29, 1.82) is 0 Å². The van der Waals surface area contributed by atoms with Gasteiger partial charge in [0.05, 0.1) is 39.9 Å². The van der Waals surface area contributed by atoms with Crippen molar-refractivity contribution in [3.63, 3.8) is 0 Å². The fourth-order valence-electron chi connectivity index (χ4n) is 6.79. The van der Waals surface area contributed by atoms with Gasteiger partial charge in [-0.1, -0.05) is 212 Å². The number of hydrogen-bond donors (Lipinski definition) is 2. The van der Waals surface area contributed by atoms with Gasteiger partial charge in [-0.25, -0.2) is 0 Å². The quantitative estimate of drug-likeness (QED) is 0.0272. The summed E-state index contributed by atoms with van der Waals surface area (Å²) in [4.78, 5) is 25.2. The SMILES string of the molecule is CC/C=C\C/C=C\C/C=C\C/C=C\C/C=C\C/C=C\C/C=C\C/C=C\C/C=C\CCCCCCCCCCCCCC(=O)NC(COP(=O)([O-])OCC[N+](C)(C)C)C(O)/C=C/CCCCCC. The Morgan fingerprint density at radius 1 is 0.537 bits per heavy atom. The number of nitrogens with one attached hydrogen (secondary N) is 1. The molecule has 8 nitrogen and oxygen atoms in total. The lowest BCUT2D eigenvalue weighted by atomic mass is 10.0. The Morgan fingerprint density at radius 3 is 1.33 bits per heavy atom. The minimum absolute atomic E-state index is 0.00761. The number of aliphatic hydroxyl groups is 1. The van der Waals surface area contributed by atoms with Crippen LogP contribution in [-0.4, -0.2) is 68.5 Å². The third kappa shape index (κ3) is 50.6. The summed E-state index contributed by atoms with van der Waals surface area (Å²) in [5, 5.41) is 13.6. The lowest BCUT2D eigenvalue weighted by molar-refractivity contribution is -0.870. The fourth-order valence-corrected chi connectivity index (χ4v) is 7.51. The maximum atomic E-state index is 12.8. The van der Waals surface area contributed by atoms with E-state index in [1.165, 1.54) is 57.8 Å². The number of phosphoric acid groups is 1. The molecular formula is C58H99N2O6P. The van der Waals surface area contributed by atoms with Gasteiger partial charge in [-0.2, -0.15) is 0 Å². The second kappa shape index (κ2) is 47.9. The Morgan fingerprint density at radius 2 is 0.910 bits per heavy atom. The number of phosphoric ester groups is 1. The predicted octanol–water partition coefficient (Wildman–Crippen LogP) is 15.2. The van der Waals surface area contributed by atoms with Gasteiger partial charge in [0.25, 0.3) is 7.82 Å². The van der Waals surface area contributed by atoms with E-state index >= 15 is 0 Å². The number of nitrogens with zero attached hydrogens (tertiary/aromatic N) is 1. The highest BCUT2D eigenvalue weighted by atomic mass is 31.2. The molecule has 0 aromatic heterocycles. The smallest absolute Gasteiger partial charge is 0.268 e. The van der Waals surface area contributed by atoms with Crippen LogP contribution in [0, 0.1) is 0 Å². The molecule has 0 aliphatic heterocycles. The second-order valence-electron chi connectivity index (χ2n) is 18.5. The highest BCUT2D eigenvalue weighted by Crippen LogP contribution is 2.38. The monoisotopic (exact) mass is 951 g/mol. The standard InChI is InChI=1S/C58H99N2O6P/c1-6-8-10-12-14-15-16-17-18-19-20-21-22-23-24-25-26-27-28-29-30-31-32-33-34-35-36-37-38-39-40-41-42-43-44-45-46-48-50-52-58(62)59-56(57(61)51-49-47-13-11-9-7-2)55-66-67(63,64)65-54-53-60(3,4)5/h8,10,14-15,17-18,20-21,23-24,26-27,29-30,32-33,35-36,49,51,56-57,61H,6-7,9,11-13,16,19,22,25,28,31,34,37-48,50,52-55H2,1-5H3,(H-,59,62,63,64)/b10-8-,15-14-,18-17-,21-20-,24-23-,27-26-,30-29-,33-32-,36-35-,51-49+. The molecule has 0 aromatic carbocycles. The summed E-state index contributed by atoms with van der Waals surface area (Å²) in [6.07, 6.45) is 71.7. The molecular weight excluding hydrogens is 852 g/mol. The van der Waals surface area contributed by atoms with Gasteiger partial charge >= 0.3 is 0 Å². The molecule has 0 rings (SSSR count). The molecule has 0 aromatic rings. The van der Waals surface area contributed by atoms with Crippen molar-refractivity contribution in [2.45, 2.75) is 199 Å². The van der Waals surface area contributed by atoms with Gasteiger partial charge in [0, 0.05) is 6.42 Å². The lowest BCUT2D eigenvalue weighted by Gasteiger charge is -2.29. The molecule has 0 radical (unpaired) electrons. The Balaban J connectivity index is 3.94. The van der Waals surface area contributed by atoms with Gasteiger partial charge in [-0.3, -0.25) is 9.36 Å².